The van der Waals surface area contributed by atoms with E-state index in [2.05, 4.69) is 25.2 Å². The molecule has 1 saturated heterocycles. The number of nitrogens with zero attached hydrogens (tertiary/aromatic N) is 6. The first-order chi connectivity index (χ1) is 13.5. The van der Waals surface area contributed by atoms with Crippen LogP contribution in [0.15, 0.2) is 36.8 Å². The molecular weight excluding hydrogens is 358 g/mol. The Balaban J connectivity index is 1.58. The molecule has 2 aromatic rings. The van der Waals surface area contributed by atoms with Crippen molar-refractivity contribution >= 4 is 17.8 Å². The lowest BCUT2D eigenvalue weighted by atomic mass is 10.1. The zero-order chi connectivity index (χ0) is 19.9. The van der Waals surface area contributed by atoms with E-state index in [4.69, 9.17) is 0 Å². The van der Waals surface area contributed by atoms with Crippen LogP contribution in [0.3, 0.4) is 0 Å². The second-order valence-electron chi connectivity index (χ2n) is 6.82. The summed E-state index contributed by atoms with van der Waals surface area (Å²) in [5, 5.41) is 2.81. The van der Waals surface area contributed by atoms with Crippen molar-refractivity contribution in [2.24, 2.45) is 0 Å². The predicted molar refractivity (Wildman–Crippen MR) is 105 cm³/mol. The highest BCUT2D eigenvalue weighted by molar-refractivity contribution is 5.98. The highest BCUT2D eigenvalue weighted by Crippen LogP contribution is 2.13. The summed E-state index contributed by atoms with van der Waals surface area (Å²) in [6.45, 7) is 3.74. The normalized spacial score (nSPS) is 14.2. The van der Waals surface area contributed by atoms with Gasteiger partial charge in [-0.25, -0.2) is 9.97 Å². The summed E-state index contributed by atoms with van der Waals surface area (Å²) < 4.78 is 0. The summed E-state index contributed by atoms with van der Waals surface area (Å²) in [6, 6.07) is 4.98. The molecule has 0 aromatic carbocycles. The first kappa shape index (κ1) is 19.7. The summed E-state index contributed by atoms with van der Waals surface area (Å²) in [5.41, 5.74) is 0.720. The molecule has 0 spiro atoms. The molecule has 1 aliphatic rings. The van der Waals surface area contributed by atoms with Gasteiger partial charge >= 0.3 is 0 Å². The smallest absolute Gasteiger partial charge is 0.269 e. The highest BCUT2D eigenvalue weighted by Gasteiger charge is 2.24. The van der Waals surface area contributed by atoms with E-state index in [1.165, 1.54) is 6.20 Å². The number of rotatable bonds is 6. The summed E-state index contributed by atoms with van der Waals surface area (Å²) in [7, 11) is 3.88. The molecule has 0 unspecified atom stereocenters. The van der Waals surface area contributed by atoms with Gasteiger partial charge in [-0.1, -0.05) is 0 Å². The SMILES string of the molecule is CN(C)CCNC(=O)c1cc(C(=O)N2CCN(c3ncccn3)CC2)ccn1. The summed E-state index contributed by atoms with van der Waals surface area (Å²) in [4.78, 5) is 43.5. The van der Waals surface area contributed by atoms with Gasteiger partial charge in [-0.05, 0) is 32.3 Å². The Morgan fingerprint density at radius 3 is 2.46 bits per heavy atom. The largest absolute Gasteiger partial charge is 0.349 e. The number of carbonyl (C=O) groups is 2. The van der Waals surface area contributed by atoms with Crippen LogP contribution in [-0.4, -0.2) is 89.9 Å². The molecule has 0 bridgehead atoms. The van der Waals surface area contributed by atoms with Gasteiger partial charge in [0.05, 0.1) is 0 Å². The van der Waals surface area contributed by atoms with Crippen LogP contribution in [0.25, 0.3) is 0 Å². The maximum absolute atomic E-state index is 12.8. The van der Waals surface area contributed by atoms with Crippen molar-refractivity contribution in [1.29, 1.82) is 0 Å². The lowest BCUT2D eigenvalue weighted by molar-refractivity contribution is 0.0746. The minimum absolute atomic E-state index is 0.0987. The highest BCUT2D eigenvalue weighted by atomic mass is 16.2. The molecule has 2 amide bonds. The molecule has 9 heteroatoms. The van der Waals surface area contributed by atoms with E-state index in [0.717, 1.165) is 6.54 Å². The Morgan fingerprint density at radius 1 is 1.07 bits per heavy atom. The molecule has 0 atom stereocenters. The summed E-state index contributed by atoms with van der Waals surface area (Å²) in [5.74, 6) is 0.302. The minimum atomic E-state index is -0.275. The molecule has 1 N–H and O–H groups in total. The van der Waals surface area contributed by atoms with E-state index < -0.39 is 0 Å². The molecule has 1 aliphatic heterocycles. The Morgan fingerprint density at radius 2 is 1.79 bits per heavy atom. The predicted octanol–water partition coefficient (Wildman–Crippen LogP) is 0.125. The van der Waals surface area contributed by atoms with E-state index in [1.807, 2.05) is 19.0 Å². The first-order valence-corrected chi connectivity index (χ1v) is 9.25. The second-order valence-corrected chi connectivity index (χ2v) is 6.82. The van der Waals surface area contributed by atoms with E-state index in [-0.39, 0.29) is 17.5 Å². The van der Waals surface area contributed by atoms with Crippen LogP contribution in [-0.2, 0) is 0 Å². The maximum atomic E-state index is 12.8. The number of nitrogens with one attached hydrogen (secondary N) is 1. The third-order valence-corrected chi connectivity index (χ3v) is 4.49. The number of anilines is 1. The van der Waals surface area contributed by atoms with Gasteiger partial charge in [-0.3, -0.25) is 14.6 Å². The van der Waals surface area contributed by atoms with Gasteiger partial charge in [0, 0.05) is 63.4 Å². The van der Waals surface area contributed by atoms with Gasteiger partial charge in [-0.15, -0.1) is 0 Å². The number of likely N-dealkylation sites (N-methyl/N-ethyl adjacent to an activating group) is 1. The van der Waals surface area contributed by atoms with E-state index in [1.54, 1.807) is 35.5 Å². The molecule has 0 radical (unpaired) electrons. The standard InChI is InChI=1S/C19H25N7O2/c1-24(2)9-8-21-17(27)16-14-15(4-7-20-16)18(28)25-10-12-26(13-11-25)19-22-5-3-6-23-19/h3-7,14H,8-13H2,1-2H3,(H,21,27). The van der Waals surface area contributed by atoms with Crippen LogP contribution in [0.1, 0.15) is 20.8 Å². The van der Waals surface area contributed by atoms with Gasteiger partial charge in [0.1, 0.15) is 5.69 Å². The zero-order valence-electron chi connectivity index (χ0n) is 16.2. The van der Waals surface area contributed by atoms with Crippen molar-refractivity contribution in [3.05, 3.63) is 48.0 Å². The molecule has 2 aromatic heterocycles. The lowest BCUT2D eigenvalue weighted by Gasteiger charge is -2.34. The van der Waals surface area contributed by atoms with Crippen molar-refractivity contribution in [3.63, 3.8) is 0 Å². The van der Waals surface area contributed by atoms with E-state index in [0.29, 0.717) is 44.2 Å². The van der Waals surface area contributed by atoms with Crippen molar-refractivity contribution < 1.29 is 9.59 Å². The van der Waals surface area contributed by atoms with Gasteiger partial charge in [0.2, 0.25) is 5.95 Å². The molecule has 28 heavy (non-hydrogen) atoms. The maximum Gasteiger partial charge on any atom is 0.269 e. The monoisotopic (exact) mass is 383 g/mol. The van der Waals surface area contributed by atoms with Gasteiger partial charge < -0.3 is 20.0 Å². The fraction of sp³-hybridized carbons (Fsp3) is 0.421. The Kier molecular flexibility index (Phi) is 6.49. The number of hydrogen-bond acceptors (Lipinski definition) is 7. The second kappa shape index (κ2) is 9.23. The fourth-order valence-electron chi connectivity index (χ4n) is 2.92. The van der Waals surface area contributed by atoms with Crippen LogP contribution < -0.4 is 10.2 Å². The van der Waals surface area contributed by atoms with Crippen LogP contribution in [0.5, 0.6) is 0 Å². The summed E-state index contributed by atoms with van der Waals surface area (Å²) in [6.07, 6.45) is 4.92. The van der Waals surface area contributed by atoms with Gasteiger partial charge in [-0.2, -0.15) is 0 Å². The van der Waals surface area contributed by atoms with Gasteiger partial charge in [0.25, 0.3) is 11.8 Å². The minimum Gasteiger partial charge on any atom is -0.349 e. The molecule has 3 heterocycles. The topological polar surface area (TPSA) is 94.6 Å². The first-order valence-electron chi connectivity index (χ1n) is 9.25. The number of hydrogen-bond donors (Lipinski definition) is 1. The molecule has 9 nitrogen and oxygen atoms in total. The van der Waals surface area contributed by atoms with Crippen LogP contribution in [0.2, 0.25) is 0 Å². The van der Waals surface area contributed by atoms with Crippen LogP contribution in [0.4, 0.5) is 5.95 Å². The Bertz CT molecular complexity index is 805. The number of piperazine rings is 1. The van der Waals surface area contributed by atoms with Gasteiger partial charge in [0.15, 0.2) is 0 Å². The number of amides is 2. The van der Waals surface area contributed by atoms with E-state index >= 15 is 0 Å². The summed E-state index contributed by atoms with van der Waals surface area (Å²) >= 11 is 0. The van der Waals surface area contributed by atoms with Crippen molar-refractivity contribution in [1.82, 2.24) is 30.1 Å². The average molecular weight is 383 g/mol. The average Bonchev–Trinajstić information content (AvgIpc) is 2.74. The van der Waals surface area contributed by atoms with Crippen molar-refractivity contribution in [2.75, 3.05) is 58.3 Å². The fourth-order valence-corrected chi connectivity index (χ4v) is 2.92. The quantitative estimate of drug-likeness (QED) is 0.757. The molecule has 148 valence electrons. The Hall–Kier alpha value is -3.07. The lowest BCUT2D eigenvalue weighted by Crippen LogP contribution is -2.49. The third-order valence-electron chi connectivity index (χ3n) is 4.49. The van der Waals surface area contributed by atoms with Crippen molar-refractivity contribution in [2.45, 2.75) is 0 Å². The third kappa shape index (κ3) is 5.01. The Labute approximate surface area is 164 Å². The van der Waals surface area contributed by atoms with Crippen LogP contribution >= 0.6 is 0 Å². The number of carbonyl (C=O) groups excluding carboxylic acids is 2. The number of pyridine rings is 1. The van der Waals surface area contributed by atoms with Crippen LogP contribution in [0, 0.1) is 0 Å². The zero-order valence-corrected chi connectivity index (χ0v) is 16.2. The van der Waals surface area contributed by atoms with Crippen molar-refractivity contribution in [3.8, 4) is 0 Å². The molecular formula is C19H25N7O2. The molecule has 0 aliphatic carbocycles. The molecule has 0 saturated carbocycles. The van der Waals surface area contributed by atoms with E-state index in [9.17, 15) is 9.59 Å². The molecule has 1 fully saturated rings. The molecule has 3 rings (SSSR count). The number of aromatic nitrogens is 3.